The van der Waals surface area contributed by atoms with E-state index in [0.717, 1.165) is 44.5 Å². The average Bonchev–Trinajstić information content (AvgIpc) is 2.49. The minimum atomic E-state index is -0.489. The third-order valence-electron chi connectivity index (χ3n) is 3.81. The van der Waals surface area contributed by atoms with Gasteiger partial charge >= 0.3 is 5.97 Å². The van der Waals surface area contributed by atoms with Crippen molar-refractivity contribution in [3.63, 3.8) is 0 Å². The molecule has 1 aliphatic heterocycles. The third kappa shape index (κ3) is 4.24. The lowest BCUT2D eigenvalue weighted by Gasteiger charge is -2.34. The van der Waals surface area contributed by atoms with E-state index >= 15 is 0 Å². The summed E-state index contributed by atoms with van der Waals surface area (Å²) in [4.78, 5) is 13.9. The van der Waals surface area contributed by atoms with Gasteiger partial charge in [0.1, 0.15) is 11.6 Å². The number of carbonyl (C=O) groups excluding carboxylic acids is 1. The molecule has 5 heteroatoms. The first kappa shape index (κ1) is 15.9. The van der Waals surface area contributed by atoms with E-state index in [1.54, 1.807) is 6.92 Å². The maximum atomic E-state index is 14.1. The molecule has 3 nitrogen and oxygen atoms in total. The van der Waals surface area contributed by atoms with Crippen molar-refractivity contribution in [2.24, 2.45) is 0 Å². The molecule has 0 radical (unpaired) electrons. The standard InChI is InChI=1S/C16H21F2NO2/c1-2-21-16(20)11-15(19-8-4-3-5-9-19)13-10-12(17)6-7-14(13)18/h6-7,10,15H,2-5,8-9,11H2,1H3. The molecule has 1 fully saturated rings. The monoisotopic (exact) mass is 297 g/mol. The highest BCUT2D eigenvalue weighted by Gasteiger charge is 2.27. The molecule has 1 aromatic rings. The zero-order valence-electron chi connectivity index (χ0n) is 12.3. The third-order valence-corrected chi connectivity index (χ3v) is 3.81. The summed E-state index contributed by atoms with van der Waals surface area (Å²) in [6.07, 6.45) is 3.20. The van der Waals surface area contributed by atoms with Crippen LogP contribution < -0.4 is 0 Å². The first-order valence-electron chi connectivity index (χ1n) is 7.46. The van der Waals surface area contributed by atoms with Crippen molar-refractivity contribution >= 4 is 5.97 Å². The van der Waals surface area contributed by atoms with Crippen molar-refractivity contribution in [2.75, 3.05) is 19.7 Å². The summed E-state index contributed by atoms with van der Waals surface area (Å²) in [5, 5.41) is 0. The SMILES string of the molecule is CCOC(=O)CC(c1cc(F)ccc1F)N1CCCCC1. The van der Waals surface area contributed by atoms with E-state index in [1.807, 2.05) is 0 Å². The Hall–Kier alpha value is -1.49. The van der Waals surface area contributed by atoms with Crippen LogP contribution in [0.5, 0.6) is 0 Å². The summed E-state index contributed by atoms with van der Waals surface area (Å²) in [7, 11) is 0. The second-order valence-corrected chi connectivity index (χ2v) is 5.29. The summed E-state index contributed by atoms with van der Waals surface area (Å²) < 4.78 is 32.5. The van der Waals surface area contributed by atoms with Crippen LogP contribution in [0.1, 0.15) is 44.2 Å². The van der Waals surface area contributed by atoms with Crippen LogP contribution in [0, 0.1) is 11.6 Å². The quantitative estimate of drug-likeness (QED) is 0.780. The lowest BCUT2D eigenvalue weighted by Crippen LogP contribution is -2.35. The molecule has 1 saturated heterocycles. The van der Waals surface area contributed by atoms with Crippen LogP contribution in [0.3, 0.4) is 0 Å². The van der Waals surface area contributed by atoms with Crippen molar-refractivity contribution in [3.8, 4) is 0 Å². The number of benzene rings is 1. The van der Waals surface area contributed by atoms with Crippen LogP contribution in [0.2, 0.25) is 0 Å². The molecule has 0 spiro atoms. The molecular formula is C16H21F2NO2. The minimum Gasteiger partial charge on any atom is -0.466 e. The van der Waals surface area contributed by atoms with Crippen LogP contribution in [-0.4, -0.2) is 30.6 Å². The van der Waals surface area contributed by atoms with Gasteiger partial charge in [-0.3, -0.25) is 9.69 Å². The minimum absolute atomic E-state index is 0.0498. The summed E-state index contributed by atoms with van der Waals surface area (Å²) in [5.74, 6) is -1.34. The van der Waals surface area contributed by atoms with Gasteiger partial charge in [0.2, 0.25) is 0 Å². The van der Waals surface area contributed by atoms with E-state index in [2.05, 4.69) is 4.90 Å². The molecular weight excluding hydrogens is 276 g/mol. The van der Waals surface area contributed by atoms with Crippen LogP contribution in [-0.2, 0) is 9.53 Å². The Labute approximate surface area is 123 Å². The Kier molecular flexibility index (Phi) is 5.67. The topological polar surface area (TPSA) is 29.5 Å². The van der Waals surface area contributed by atoms with Crippen LogP contribution in [0.25, 0.3) is 0 Å². The van der Waals surface area contributed by atoms with Crippen LogP contribution >= 0.6 is 0 Å². The molecule has 1 unspecified atom stereocenters. The lowest BCUT2D eigenvalue weighted by atomic mass is 9.98. The van der Waals surface area contributed by atoms with Crippen molar-refractivity contribution < 1.29 is 18.3 Å². The maximum Gasteiger partial charge on any atom is 0.307 e. The molecule has 1 heterocycles. The normalized spacial score (nSPS) is 17.5. The fraction of sp³-hybridized carbons (Fsp3) is 0.562. The number of piperidine rings is 1. The number of likely N-dealkylation sites (tertiary alicyclic amines) is 1. The number of halogens is 2. The van der Waals surface area contributed by atoms with Gasteiger partial charge in [-0.05, 0) is 51.1 Å². The number of nitrogens with zero attached hydrogens (tertiary/aromatic N) is 1. The fourth-order valence-electron chi connectivity index (χ4n) is 2.81. The maximum absolute atomic E-state index is 14.1. The van der Waals surface area contributed by atoms with Gasteiger partial charge in [-0.2, -0.15) is 0 Å². The van der Waals surface area contributed by atoms with E-state index in [9.17, 15) is 13.6 Å². The van der Waals surface area contributed by atoms with Crippen LogP contribution in [0.15, 0.2) is 18.2 Å². The molecule has 116 valence electrons. The highest BCUT2D eigenvalue weighted by atomic mass is 19.1. The lowest BCUT2D eigenvalue weighted by molar-refractivity contribution is -0.144. The van der Waals surface area contributed by atoms with E-state index in [4.69, 9.17) is 4.74 Å². The van der Waals surface area contributed by atoms with Crippen molar-refractivity contribution in [1.29, 1.82) is 0 Å². The Bertz CT molecular complexity index is 487. The van der Waals surface area contributed by atoms with Crippen molar-refractivity contribution in [1.82, 2.24) is 4.90 Å². The first-order valence-corrected chi connectivity index (χ1v) is 7.46. The summed E-state index contributed by atoms with van der Waals surface area (Å²) in [5.41, 5.74) is 0.241. The van der Waals surface area contributed by atoms with Crippen molar-refractivity contribution in [2.45, 2.75) is 38.6 Å². The summed E-state index contributed by atoms with van der Waals surface area (Å²) in [6.45, 7) is 3.60. The van der Waals surface area contributed by atoms with Gasteiger partial charge in [0.15, 0.2) is 0 Å². The molecule has 1 atom stereocenters. The molecule has 0 amide bonds. The molecule has 0 bridgehead atoms. The van der Waals surface area contributed by atoms with Gasteiger partial charge in [0, 0.05) is 11.6 Å². The number of esters is 1. The molecule has 2 rings (SSSR count). The second kappa shape index (κ2) is 7.50. The van der Waals surface area contributed by atoms with E-state index < -0.39 is 17.7 Å². The van der Waals surface area contributed by atoms with Gasteiger partial charge in [-0.25, -0.2) is 8.78 Å². The number of carbonyl (C=O) groups is 1. The predicted octanol–water partition coefficient (Wildman–Crippen LogP) is 3.45. The van der Waals surface area contributed by atoms with Crippen molar-refractivity contribution in [3.05, 3.63) is 35.4 Å². The number of hydrogen-bond donors (Lipinski definition) is 0. The molecule has 1 aliphatic rings. The molecule has 1 aromatic carbocycles. The van der Waals surface area contributed by atoms with Gasteiger partial charge < -0.3 is 4.74 Å². The average molecular weight is 297 g/mol. The Morgan fingerprint density at radius 1 is 1.29 bits per heavy atom. The Morgan fingerprint density at radius 2 is 2.00 bits per heavy atom. The largest absolute Gasteiger partial charge is 0.466 e. The molecule has 0 aliphatic carbocycles. The van der Waals surface area contributed by atoms with Gasteiger partial charge in [0.25, 0.3) is 0 Å². The Morgan fingerprint density at radius 3 is 2.67 bits per heavy atom. The molecule has 0 saturated carbocycles. The summed E-state index contributed by atoms with van der Waals surface area (Å²) in [6, 6.07) is 2.94. The molecule has 0 N–H and O–H groups in total. The second-order valence-electron chi connectivity index (χ2n) is 5.29. The number of hydrogen-bond acceptors (Lipinski definition) is 3. The highest BCUT2D eigenvalue weighted by Crippen LogP contribution is 2.30. The van der Waals surface area contributed by atoms with E-state index in [1.165, 1.54) is 6.07 Å². The summed E-state index contributed by atoms with van der Waals surface area (Å²) >= 11 is 0. The zero-order chi connectivity index (χ0) is 15.2. The molecule has 21 heavy (non-hydrogen) atoms. The number of ether oxygens (including phenoxy) is 1. The predicted molar refractivity (Wildman–Crippen MR) is 75.8 cm³/mol. The Balaban J connectivity index is 2.25. The van der Waals surface area contributed by atoms with E-state index in [0.29, 0.717) is 0 Å². The van der Waals surface area contributed by atoms with Gasteiger partial charge in [-0.15, -0.1) is 0 Å². The zero-order valence-corrected chi connectivity index (χ0v) is 12.3. The molecule has 0 aromatic heterocycles. The van der Waals surface area contributed by atoms with Gasteiger partial charge in [-0.1, -0.05) is 6.42 Å². The smallest absolute Gasteiger partial charge is 0.307 e. The first-order chi connectivity index (χ1) is 10.1. The number of rotatable bonds is 5. The van der Waals surface area contributed by atoms with Gasteiger partial charge in [0.05, 0.1) is 13.0 Å². The fourth-order valence-corrected chi connectivity index (χ4v) is 2.81. The van der Waals surface area contributed by atoms with Crippen LogP contribution in [0.4, 0.5) is 8.78 Å². The highest BCUT2D eigenvalue weighted by molar-refractivity contribution is 5.70. The van der Waals surface area contributed by atoms with E-state index in [-0.39, 0.29) is 24.6 Å².